The van der Waals surface area contributed by atoms with Crippen molar-refractivity contribution in [2.45, 2.75) is 38.5 Å². The topological polar surface area (TPSA) is 49.4 Å². The Morgan fingerprint density at radius 2 is 1.81 bits per heavy atom. The number of nitrogens with one attached hydrogen (secondary N) is 1. The van der Waals surface area contributed by atoms with Crippen molar-refractivity contribution in [1.29, 1.82) is 0 Å². The van der Waals surface area contributed by atoms with E-state index in [-0.39, 0.29) is 17.7 Å². The molecule has 4 rings (SSSR count). The molecule has 1 saturated carbocycles. The van der Waals surface area contributed by atoms with Crippen LogP contribution < -0.4 is 5.32 Å². The molecule has 0 aromatic heterocycles. The van der Waals surface area contributed by atoms with Gasteiger partial charge in [0, 0.05) is 25.6 Å². The maximum absolute atomic E-state index is 13.5. The number of carbonyl (C=O) groups is 2. The molecular formula is C27H32N2O2. The molecule has 0 bridgehead atoms. The average Bonchev–Trinajstić information content (AvgIpc) is 2.77. The van der Waals surface area contributed by atoms with Crippen molar-refractivity contribution in [3.63, 3.8) is 0 Å². The zero-order chi connectivity index (χ0) is 21.7. The first-order chi connectivity index (χ1) is 15.1. The fraction of sp³-hybridized carbons (Fsp3) is 0.407. The van der Waals surface area contributed by atoms with Crippen molar-refractivity contribution in [3.8, 4) is 11.1 Å². The molecule has 1 aliphatic heterocycles. The van der Waals surface area contributed by atoms with E-state index in [2.05, 4.69) is 36.2 Å². The third-order valence-corrected chi connectivity index (χ3v) is 6.86. The molecule has 1 saturated heterocycles. The zero-order valence-corrected chi connectivity index (χ0v) is 18.2. The normalized spacial score (nSPS) is 21.2. The molecule has 1 heterocycles. The molecule has 0 spiro atoms. The molecule has 4 nitrogen and oxygen atoms in total. The lowest BCUT2D eigenvalue weighted by atomic mass is 9.72. The zero-order valence-electron chi connectivity index (χ0n) is 18.2. The number of hydrogen-bond donors (Lipinski definition) is 1. The summed E-state index contributed by atoms with van der Waals surface area (Å²) < 4.78 is 0. The van der Waals surface area contributed by atoms with Crippen molar-refractivity contribution in [2.75, 3.05) is 19.6 Å². The molecule has 2 aromatic carbocycles. The van der Waals surface area contributed by atoms with Gasteiger partial charge in [-0.2, -0.15) is 0 Å². The van der Waals surface area contributed by atoms with E-state index in [1.165, 1.54) is 0 Å². The highest BCUT2D eigenvalue weighted by Crippen LogP contribution is 2.39. The first-order valence-corrected chi connectivity index (χ1v) is 11.4. The minimum absolute atomic E-state index is 0.0291. The lowest BCUT2D eigenvalue weighted by Crippen LogP contribution is -2.55. The first kappa shape index (κ1) is 21.4. The van der Waals surface area contributed by atoms with Gasteiger partial charge in [0.1, 0.15) is 0 Å². The van der Waals surface area contributed by atoms with Crippen LogP contribution in [0.2, 0.25) is 0 Å². The number of carbonyl (C=O) groups excluding carboxylic acids is 2. The summed E-state index contributed by atoms with van der Waals surface area (Å²) in [5, 5.41) is 3.04. The van der Waals surface area contributed by atoms with Crippen LogP contribution in [0.25, 0.3) is 11.1 Å². The number of piperidine rings is 1. The Hall–Kier alpha value is -2.88. The highest BCUT2D eigenvalue weighted by molar-refractivity contribution is 5.86. The maximum Gasteiger partial charge on any atom is 0.228 e. The highest BCUT2D eigenvalue weighted by atomic mass is 16.2. The van der Waals surface area contributed by atoms with Crippen LogP contribution in [0.15, 0.2) is 67.3 Å². The minimum atomic E-state index is -0.619. The average molecular weight is 417 g/mol. The van der Waals surface area contributed by atoms with E-state index in [0.29, 0.717) is 19.5 Å². The molecule has 31 heavy (non-hydrogen) atoms. The van der Waals surface area contributed by atoms with Crippen molar-refractivity contribution >= 4 is 11.8 Å². The van der Waals surface area contributed by atoms with Gasteiger partial charge in [-0.3, -0.25) is 9.59 Å². The summed E-state index contributed by atoms with van der Waals surface area (Å²) in [6.45, 7) is 5.44. The van der Waals surface area contributed by atoms with Gasteiger partial charge in [-0.25, -0.2) is 0 Å². The minimum Gasteiger partial charge on any atom is -0.352 e. The van der Waals surface area contributed by atoms with Crippen LogP contribution in [0.1, 0.15) is 37.7 Å². The van der Waals surface area contributed by atoms with E-state index in [0.717, 1.165) is 55.3 Å². The highest BCUT2D eigenvalue weighted by Gasteiger charge is 2.45. The number of hydrogen-bond acceptors (Lipinski definition) is 2. The SMILES string of the molecule is C=CCNC(=O)C1(Cc2ccccc2-c2ccccc2)CCCN(C(=O)C2CCC2)C1. The van der Waals surface area contributed by atoms with Gasteiger partial charge in [0.15, 0.2) is 0 Å². The standard InChI is InChI=1S/C27H32N2O2/c1-2-17-28-26(31)27(16-9-18-29(20-27)25(30)22-13-8-14-22)19-23-12-6-7-15-24(23)21-10-4-3-5-11-21/h2-7,10-12,15,22H,1,8-9,13-14,16-20H2,(H,28,31). The Labute approximate surface area is 185 Å². The lowest BCUT2D eigenvalue weighted by molar-refractivity contribution is -0.146. The molecule has 162 valence electrons. The quantitative estimate of drug-likeness (QED) is 0.670. The summed E-state index contributed by atoms with van der Waals surface area (Å²) in [6.07, 6.45) is 7.09. The largest absolute Gasteiger partial charge is 0.352 e. The fourth-order valence-electron chi connectivity index (χ4n) is 4.93. The smallest absolute Gasteiger partial charge is 0.228 e. The van der Waals surface area contributed by atoms with Crippen LogP contribution in [0.4, 0.5) is 0 Å². The van der Waals surface area contributed by atoms with E-state index in [4.69, 9.17) is 0 Å². The van der Waals surface area contributed by atoms with E-state index in [1.54, 1.807) is 6.08 Å². The van der Waals surface area contributed by atoms with Gasteiger partial charge in [0.25, 0.3) is 0 Å². The van der Waals surface area contributed by atoms with Crippen LogP contribution in [0.5, 0.6) is 0 Å². The summed E-state index contributed by atoms with van der Waals surface area (Å²) in [5.41, 5.74) is 2.84. The van der Waals surface area contributed by atoms with E-state index in [1.807, 2.05) is 35.2 Å². The van der Waals surface area contributed by atoms with E-state index >= 15 is 0 Å². The lowest BCUT2D eigenvalue weighted by Gasteiger charge is -2.44. The summed E-state index contributed by atoms with van der Waals surface area (Å²) in [5.74, 6) is 0.424. The molecule has 1 atom stereocenters. The number of benzene rings is 2. The second kappa shape index (κ2) is 9.51. The van der Waals surface area contributed by atoms with Crippen LogP contribution in [0, 0.1) is 11.3 Å². The fourth-order valence-corrected chi connectivity index (χ4v) is 4.93. The summed E-state index contributed by atoms with van der Waals surface area (Å²) in [7, 11) is 0. The van der Waals surface area contributed by atoms with Gasteiger partial charge in [-0.05, 0) is 48.8 Å². The predicted molar refractivity (Wildman–Crippen MR) is 124 cm³/mol. The van der Waals surface area contributed by atoms with E-state index in [9.17, 15) is 9.59 Å². The van der Waals surface area contributed by atoms with Gasteiger partial charge in [-0.1, -0.05) is 67.1 Å². The Morgan fingerprint density at radius 3 is 2.52 bits per heavy atom. The van der Waals surface area contributed by atoms with Crippen molar-refractivity contribution in [3.05, 3.63) is 72.8 Å². The molecule has 4 heteroatoms. The van der Waals surface area contributed by atoms with Gasteiger partial charge >= 0.3 is 0 Å². The van der Waals surface area contributed by atoms with Gasteiger partial charge in [0.05, 0.1) is 5.41 Å². The third-order valence-electron chi connectivity index (χ3n) is 6.86. The van der Waals surface area contributed by atoms with Crippen LogP contribution in [0.3, 0.4) is 0 Å². The number of nitrogens with zero attached hydrogens (tertiary/aromatic N) is 1. The molecule has 1 aliphatic carbocycles. The molecular weight excluding hydrogens is 384 g/mol. The Balaban J connectivity index is 1.65. The van der Waals surface area contributed by atoms with Crippen LogP contribution in [-0.4, -0.2) is 36.3 Å². The van der Waals surface area contributed by atoms with Gasteiger partial charge < -0.3 is 10.2 Å². The Morgan fingerprint density at radius 1 is 1.06 bits per heavy atom. The molecule has 2 fully saturated rings. The molecule has 2 aliphatic rings. The monoisotopic (exact) mass is 416 g/mol. The maximum atomic E-state index is 13.5. The van der Waals surface area contributed by atoms with Crippen molar-refractivity contribution < 1.29 is 9.59 Å². The summed E-state index contributed by atoms with van der Waals surface area (Å²) >= 11 is 0. The Kier molecular flexibility index (Phi) is 6.55. The van der Waals surface area contributed by atoms with Gasteiger partial charge in [0.2, 0.25) is 11.8 Å². The number of rotatable bonds is 7. The number of likely N-dealkylation sites (tertiary alicyclic amines) is 1. The molecule has 1 unspecified atom stereocenters. The second-order valence-corrected chi connectivity index (χ2v) is 8.97. The Bertz CT molecular complexity index is 935. The van der Waals surface area contributed by atoms with Crippen molar-refractivity contribution in [1.82, 2.24) is 10.2 Å². The van der Waals surface area contributed by atoms with Crippen LogP contribution >= 0.6 is 0 Å². The summed E-state index contributed by atoms with van der Waals surface area (Å²) in [6, 6.07) is 18.6. The van der Waals surface area contributed by atoms with Crippen molar-refractivity contribution in [2.24, 2.45) is 11.3 Å². The van der Waals surface area contributed by atoms with Crippen LogP contribution in [-0.2, 0) is 16.0 Å². The third kappa shape index (κ3) is 4.58. The van der Waals surface area contributed by atoms with E-state index < -0.39 is 5.41 Å². The second-order valence-electron chi connectivity index (χ2n) is 8.97. The molecule has 2 amide bonds. The molecule has 1 N–H and O–H groups in total. The van der Waals surface area contributed by atoms with Gasteiger partial charge in [-0.15, -0.1) is 6.58 Å². The predicted octanol–water partition coefficient (Wildman–Crippen LogP) is 4.61. The first-order valence-electron chi connectivity index (χ1n) is 11.4. The molecule has 0 radical (unpaired) electrons. The molecule has 2 aromatic rings. The summed E-state index contributed by atoms with van der Waals surface area (Å²) in [4.78, 5) is 28.4. The number of amides is 2.